The summed E-state index contributed by atoms with van der Waals surface area (Å²) in [5.74, 6) is 0.0152. The van der Waals surface area contributed by atoms with Crippen LogP contribution in [0.25, 0.3) is 22.2 Å². The van der Waals surface area contributed by atoms with Crippen LogP contribution >= 0.6 is 11.6 Å². The molecule has 132 valence electrons. The van der Waals surface area contributed by atoms with Crippen LogP contribution in [0.2, 0.25) is 5.15 Å². The Morgan fingerprint density at radius 2 is 1.67 bits per heavy atom. The molecule has 0 atom stereocenters. The molecule has 0 saturated heterocycles. The van der Waals surface area contributed by atoms with Crippen molar-refractivity contribution in [3.63, 3.8) is 0 Å². The molecule has 2 heterocycles. The minimum atomic E-state index is -0.485. The van der Waals surface area contributed by atoms with Gasteiger partial charge in [0.1, 0.15) is 18.1 Å². The van der Waals surface area contributed by atoms with Crippen LogP contribution in [-0.4, -0.2) is 27.2 Å². The minimum absolute atomic E-state index is 0.0152. The van der Waals surface area contributed by atoms with Gasteiger partial charge in [0.25, 0.3) is 0 Å². The first kappa shape index (κ1) is 16.0. The van der Waals surface area contributed by atoms with Crippen molar-refractivity contribution < 1.29 is 9.53 Å². The van der Waals surface area contributed by atoms with Crippen LogP contribution in [0.15, 0.2) is 67.1 Å². The van der Waals surface area contributed by atoms with E-state index >= 15 is 0 Å². The number of hydrogen-bond donors (Lipinski definition) is 0. The lowest BCUT2D eigenvalue weighted by Gasteiger charge is -2.14. The lowest BCUT2D eigenvalue weighted by Crippen LogP contribution is -2.17. The second-order valence-electron chi connectivity index (χ2n) is 6.39. The number of fused-ring (bicyclic) bond motifs is 4. The highest BCUT2D eigenvalue weighted by atomic mass is 35.5. The maximum atomic E-state index is 12.6. The predicted molar refractivity (Wildman–Crippen MR) is 103 cm³/mol. The van der Waals surface area contributed by atoms with E-state index in [1.54, 1.807) is 12.3 Å². The molecule has 0 amide bonds. The Hall–Kier alpha value is -3.18. The molecule has 0 N–H and O–H groups in total. The number of nitrogens with zero attached hydrogens (tertiary/aromatic N) is 3. The maximum Gasteiger partial charge on any atom is 0.419 e. The number of carbonyl (C=O) groups is 1. The van der Waals surface area contributed by atoms with Crippen molar-refractivity contribution in [3.05, 3.63) is 83.4 Å². The van der Waals surface area contributed by atoms with Gasteiger partial charge in [0, 0.05) is 12.1 Å². The maximum absolute atomic E-state index is 12.6. The van der Waals surface area contributed by atoms with Crippen LogP contribution < -0.4 is 0 Å². The van der Waals surface area contributed by atoms with Crippen molar-refractivity contribution in [1.82, 2.24) is 14.5 Å². The molecule has 2 aromatic heterocycles. The van der Waals surface area contributed by atoms with Crippen LogP contribution in [-0.2, 0) is 4.74 Å². The Labute approximate surface area is 160 Å². The van der Waals surface area contributed by atoms with E-state index in [0.29, 0.717) is 16.2 Å². The smallest absolute Gasteiger partial charge is 0.419 e. The third-order valence-electron chi connectivity index (χ3n) is 4.97. The van der Waals surface area contributed by atoms with Crippen molar-refractivity contribution in [2.45, 2.75) is 5.92 Å². The fraction of sp³-hybridized carbons (Fsp3) is 0.0952. The highest BCUT2D eigenvalue weighted by Crippen LogP contribution is 2.44. The van der Waals surface area contributed by atoms with Gasteiger partial charge in [-0.05, 0) is 28.3 Å². The molecule has 5 rings (SSSR count). The number of hydrogen-bond acceptors (Lipinski definition) is 4. The van der Waals surface area contributed by atoms with E-state index in [0.717, 1.165) is 0 Å². The van der Waals surface area contributed by atoms with Gasteiger partial charge in [-0.1, -0.05) is 60.1 Å². The van der Waals surface area contributed by atoms with Gasteiger partial charge in [-0.25, -0.2) is 19.3 Å². The zero-order valence-corrected chi connectivity index (χ0v) is 14.9. The quantitative estimate of drug-likeness (QED) is 0.468. The Balaban J connectivity index is 1.44. The summed E-state index contributed by atoms with van der Waals surface area (Å²) in [6.45, 7) is 0.255. The normalized spacial score (nSPS) is 12.8. The van der Waals surface area contributed by atoms with E-state index in [2.05, 4.69) is 34.2 Å². The molecule has 1 aliphatic carbocycles. The van der Waals surface area contributed by atoms with Crippen LogP contribution in [0.5, 0.6) is 0 Å². The summed E-state index contributed by atoms with van der Waals surface area (Å²) < 4.78 is 7.01. The Morgan fingerprint density at radius 3 is 2.37 bits per heavy atom. The van der Waals surface area contributed by atoms with E-state index in [1.807, 2.05) is 24.3 Å². The molecule has 4 aromatic rings. The average molecular weight is 376 g/mol. The number of carbonyl (C=O) groups excluding carboxylic acids is 1. The third-order valence-corrected chi connectivity index (χ3v) is 5.27. The molecule has 5 nitrogen and oxygen atoms in total. The summed E-state index contributed by atoms with van der Waals surface area (Å²) in [5.41, 5.74) is 5.18. The molecular formula is C21H14ClN3O2. The van der Waals surface area contributed by atoms with Crippen molar-refractivity contribution in [2.75, 3.05) is 6.61 Å². The molecule has 0 unspecified atom stereocenters. The number of ether oxygens (including phenoxy) is 1. The monoisotopic (exact) mass is 375 g/mol. The van der Waals surface area contributed by atoms with Crippen LogP contribution in [0.1, 0.15) is 17.0 Å². The van der Waals surface area contributed by atoms with Crippen LogP contribution in [0, 0.1) is 0 Å². The van der Waals surface area contributed by atoms with E-state index < -0.39 is 6.09 Å². The molecule has 0 bridgehead atoms. The van der Waals surface area contributed by atoms with Crippen molar-refractivity contribution in [2.24, 2.45) is 0 Å². The first-order valence-corrected chi connectivity index (χ1v) is 8.95. The highest BCUT2D eigenvalue weighted by molar-refractivity contribution is 6.34. The van der Waals surface area contributed by atoms with Gasteiger partial charge in [0.05, 0.1) is 5.39 Å². The minimum Gasteiger partial charge on any atom is -0.448 e. The Kier molecular flexibility index (Phi) is 3.69. The second kappa shape index (κ2) is 6.21. The van der Waals surface area contributed by atoms with Gasteiger partial charge in [-0.15, -0.1) is 0 Å². The van der Waals surface area contributed by atoms with Gasteiger partial charge in [0.2, 0.25) is 0 Å². The Bertz CT molecular complexity index is 1140. The topological polar surface area (TPSA) is 57.0 Å². The first-order valence-electron chi connectivity index (χ1n) is 8.57. The standard InChI is InChI=1S/C21H14ClN3O2/c22-19-17-9-10-25(20(17)24-12-23-19)21(26)27-11-18-15-7-3-1-5-13(15)14-6-2-4-8-16(14)18/h1-10,12,18H,11H2. The van der Waals surface area contributed by atoms with Crippen LogP contribution in [0.3, 0.4) is 0 Å². The molecule has 0 saturated carbocycles. The van der Waals surface area contributed by atoms with Gasteiger partial charge in [-0.2, -0.15) is 0 Å². The molecular weight excluding hydrogens is 362 g/mol. The van der Waals surface area contributed by atoms with Gasteiger partial charge >= 0.3 is 6.09 Å². The van der Waals surface area contributed by atoms with E-state index in [1.165, 1.54) is 33.1 Å². The van der Waals surface area contributed by atoms with Crippen molar-refractivity contribution >= 4 is 28.7 Å². The molecule has 0 fully saturated rings. The second-order valence-corrected chi connectivity index (χ2v) is 6.75. The van der Waals surface area contributed by atoms with E-state index in [-0.39, 0.29) is 12.5 Å². The number of halogens is 1. The van der Waals surface area contributed by atoms with Crippen molar-refractivity contribution in [1.29, 1.82) is 0 Å². The predicted octanol–water partition coefficient (Wildman–Crippen LogP) is 4.88. The van der Waals surface area contributed by atoms with Crippen LogP contribution in [0.4, 0.5) is 4.79 Å². The Morgan fingerprint density at radius 1 is 1.00 bits per heavy atom. The fourth-order valence-corrected chi connectivity index (χ4v) is 3.92. The molecule has 6 heteroatoms. The molecule has 0 aliphatic heterocycles. The zero-order valence-electron chi connectivity index (χ0n) is 14.2. The first-order chi connectivity index (χ1) is 13.2. The summed E-state index contributed by atoms with van der Waals surface area (Å²) in [7, 11) is 0. The molecule has 0 radical (unpaired) electrons. The van der Waals surface area contributed by atoms with E-state index in [4.69, 9.17) is 16.3 Å². The largest absolute Gasteiger partial charge is 0.448 e. The number of aromatic nitrogens is 3. The number of rotatable bonds is 2. The molecule has 2 aromatic carbocycles. The summed E-state index contributed by atoms with van der Waals surface area (Å²) in [6.07, 6.45) is 2.45. The SMILES string of the molecule is O=C(OCC1c2ccccc2-c2ccccc21)n1ccc2c(Cl)ncnc21. The lowest BCUT2D eigenvalue weighted by atomic mass is 9.98. The fourth-order valence-electron chi connectivity index (χ4n) is 3.73. The summed E-state index contributed by atoms with van der Waals surface area (Å²) in [5, 5.41) is 0.929. The van der Waals surface area contributed by atoms with Gasteiger partial charge < -0.3 is 4.74 Å². The highest BCUT2D eigenvalue weighted by Gasteiger charge is 2.29. The van der Waals surface area contributed by atoms with Gasteiger partial charge in [0.15, 0.2) is 5.65 Å². The molecule has 1 aliphatic rings. The van der Waals surface area contributed by atoms with Crippen molar-refractivity contribution in [3.8, 4) is 11.1 Å². The molecule has 0 spiro atoms. The van der Waals surface area contributed by atoms with Gasteiger partial charge in [-0.3, -0.25) is 0 Å². The summed E-state index contributed by atoms with van der Waals surface area (Å²) >= 11 is 6.05. The lowest BCUT2D eigenvalue weighted by molar-refractivity contribution is 0.145. The van der Waals surface area contributed by atoms with E-state index in [9.17, 15) is 4.79 Å². The average Bonchev–Trinajstić information content (AvgIpc) is 3.27. The summed E-state index contributed by atoms with van der Waals surface area (Å²) in [4.78, 5) is 20.7. The number of benzene rings is 2. The third kappa shape index (κ3) is 2.51. The summed E-state index contributed by atoms with van der Waals surface area (Å²) in [6, 6.07) is 18.2. The zero-order chi connectivity index (χ0) is 18.4. The molecule has 27 heavy (non-hydrogen) atoms.